The number of rotatable bonds is 6. The predicted octanol–water partition coefficient (Wildman–Crippen LogP) is 4.15. The second-order valence-electron chi connectivity index (χ2n) is 8.80. The van der Waals surface area contributed by atoms with Gasteiger partial charge < -0.3 is 15.5 Å². The minimum Gasteiger partial charge on any atom is -0.362 e. The van der Waals surface area contributed by atoms with Gasteiger partial charge in [0.15, 0.2) is 0 Å². The maximum atomic E-state index is 12.7. The molecular weight excluding hydrogens is 398 g/mol. The van der Waals surface area contributed by atoms with Crippen molar-refractivity contribution in [2.75, 3.05) is 24.3 Å². The molecule has 1 aromatic heterocycles. The molecule has 1 amide bonds. The van der Waals surface area contributed by atoms with Crippen LogP contribution in [0.1, 0.15) is 49.1 Å². The van der Waals surface area contributed by atoms with E-state index in [0.29, 0.717) is 17.9 Å². The Labute approximate surface area is 183 Å². The number of aryl methyl sites for hydroxylation is 1. The van der Waals surface area contributed by atoms with Gasteiger partial charge in [0.05, 0.1) is 0 Å². The normalized spacial score (nSPS) is 25.5. The lowest BCUT2D eigenvalue weighted by molar-refractivity contribution is -0.123. The monoisotopic (exact) mass is 427 g/mol. The van der Waals surface area contributed by atoms with Gasteiger partial charge in [-0.3, -0.25) is 4.79 Å². The van der Waals surface area contributed by atoms with E-state index in [1.165, 1.54) is 5.56 Å². The van der Waals surface area contributed by atoms with Crippen molar-refractivity contribution >= 4 is 29.3 Å². The molecule has 0 spiro atoms. The number of nitrogens with one attached hydrogen (secondary N) is 2. The maximum Gasteiger partial charge on any atom is 0.224 e. The highest BCUT2D eigenvalue weighted by molar-refractivity contribution is 6.30. The summed E-state index contributed by atoms with van der Waals surface area (Å²) in [6.07, 6.45) is 6.74. The average molecular weight is 428 g/mol. The summed E-state index contributed by atoms with van der Waals surface area (Å²) < 4.78 is 0. The highest BCUT2D eigenvalue weighted by atomic mass is 35.5. The molecule has 7 heteroatoms. The van der Waals surface area contributed by atoms with Gasteiger partial charge in [0.2, 0.25) is 11.9 Å². The molecule has 0 aliphatic heterocycles. The molecule has 160 valence electrons. The Morgan fingerprint density at radius 1 is 1.17 bits per heavy atom. The molecule has 2 N–H and O–H groups in total. The first kappa shape index (κ1) is 20.9. The third-order valence-electron chi connectivity index (χ3n) is 6.18. The van der Waals surface area contributed by atoms with Crippen LogP contribution in [0.2, 0.25) is 5.02 Å². The summed E-state index contributed by atoms with van der Waals surface area (Å²) in [6, 6.07) is 8.47. The number of anilines is 2. The Balaban J connectivity index is 1.24. The summed E-state index contributed by atoms with van der Waals surface area (Å²) in [4.78, 5) is 23.7. The van der Waals surface area contributed by atoms with Crippen molar-refractivity contribution in [2.24, 2.45) is 5.92 Å². The summed E-state index contributed by atoms with van der Waals surface area (Å²) in [5.41, 5.74) is 2.24. The van der Waals surface area contributed by atoms with Crippen LogP contribution >= 0.6 is 11.6 Å². The van der Waals surface area contributed by atoms with Gasteiger partial charge in [-0.25, -0.2) is 4.98 Å². The molecule has 0 radical (unpaired) electrons. The SMILES string of the molecule is Cc1cnc(N[C@H]2CC[C@H](NC(=O)[C@@H]3C[C@@H]3c3cccc(Cl)c3)CC2)nc1N(C)C. The predicted molar refractivity (Wildman–Crippen MR) is 121 cm³/mol. The molecule has 2 aliphatic rings. The molecule has 0 unspecified atom stereocenters. The quantitative estimate of drug-likeness (QED) is 0.724. The van der Waals surface area contributed by atoms with E-state index >= 15 is 0 Å². The average Bonchev–Trinajstić information content (AvgIpc) is 3.52. The van der Waals surface area contributed by atoms with E-state index in [9.17, 15) is 4.79 Å². The Hall–Kier alpha value is -2.34. The second-order valence-corrected chi connectivity index (χ2v) is 9.24. The van der Waals surface area contributed by atoms with Crippen molar-refractivity contribution in [2.45, 2.75) is 57.0 Å². The molecule has 2 atom stereocenters. The van der Waals surface area contributed by atoms with Gasteiger partial charge >= 0.3 is 0 Å². The van der Waals surface area contributed by atoms with Gasteiger partial charge in [0.1, 0.15) is 5.82 Å². The lowest BCUT2D eigenvalue weighted by Gasteiger charge is -2.30. The number of benzene rings is 1. The fourth-order valence-electron chi connectivity index (χ4n) is 4.42. The number of nitrogens with zero attached hydrogens (tertiary/aromatic N) is 3. The van der Waals surface area contributed by atoms with E-state index in [2.05, 4.69) is 26.7 Å². The Morgan fingerprint density at radius 3 is 2.60 bits per heavy atom. The van der Waals surface area contributed by atoms with E-state index in [4.69, 9.17) is 11.6 Å². The minimum absolute atomic E-state index is 0.0877. The number of carbonyl (C=O) groups is 1. The zero-order valence-corrected chi connectivity index (χ0v) is 18.6. The van der Waals surface area contributed by atoms with Gasteiger partial charge in [-0.15, -0.1) is 0 Å². The van der Waals surface area contributed by atoms with Crippen LogP contribution in [0.25, 0.3) is 0 Å². The molecule has 0 bridgehead atoms. The van der Waals surface area contributed by atoms with E-state index in [1.54, 1.807) is 0 Å². The smallest absolute Gasteiger partial charge is 0.224 e. The molecule has 6 nitrogen and oxygen atoms in total. The van der Waals surface area contributed by atoms with Crippen molar-refractivity contribution in [3.63, 3.8) is 0 Å². The molecular formula is C23H30ClN5O. The van der Waals surface area contributed by atoms with Crippen LogP contribution in [-0.2, 0) is 4.79 Å². The van der Waals surface area contributed by atoms with Crippen LogP contribution in [0.4, 0.5) is 11.8 Å². The second kappa shape index (κ2) is 8.80. The molecule has 30 heavy (non-hydrogen) atoms. The summed E-state index contributed by atoms with van der Waals surface area (Å²) in [5.74, 6) is 2.20. The van der Waals surface area contributed by atoms with Crippen molar-refractivity contribution in [1.82, 2.24) is 15.3 Å². The lowest BCUT2D eigenvalue weighted by Crippen LogP contribution is -2.41. The van der Waals surface area contributed by atoms with Crippen LogP contribution in [0.5, 0.6) is 0 Å². The fourth-order valence-corrected chi connectivity index (χ4v) is 4.62. The number of aromatic nitrogens is 2. The van der Waals surface area contributed by atoms with Gasteiger partial charge in [-0.05, 0) is 62.6 Å². The molecule has 4 rings (SSSR count). The standard InChI is InChI=1S/C23H30ClN5O/c1-14-13-25-23(28-21(14)29(2)3)27-18-9-7-17(8-10-18)26-22(30)20-12-19(20)15-5-4-6-16(24)11-15/h4-6,11,13,17-20H,7-10,12H2,1-3H3,(H,26,30)(H,25,27,28)/t17-,18-,19-,20-/m1/s1. The zero-order valence-electron chi connectivity index (χ0n) is 17.9. The molecule has 1 heterocycles. The van der Waals surface area contributed by atoms with Crippen LogP contribution in [0.15, 0.2) is 30.5 Å². The van der Waals surface area contributed by atoms with Crippen LogP contribution in [0, 0.1) is 12.8 Å². The van der Waals surface area contributed by atoms with E-state index in [-0.39, 0.29) is 17.9 Å². The largest absolute Gasteiger partial charge is 0.362 e. The molecule has 2 fully saturated rings. The molecule has 2 aromatic rings. The minimum atomic E-state index is 0.0877. The highest BCUT2D eigenvalue weighted by Gasteiger charge is 2.44. The van der Waals surface area contributed by atoms with Crippen LogP contribution in [-0.4, -0.2) is 42.1 Å². The van der Waals surface area contributed by atoms with Crippen molar-refractivity contribution in [3.05, 3.63) is 46.6 Å². The van der Waals surface area contributed by atoms with Crippen LogP contribution in [0.3, 0.4) is 0 Å². The third kappa shape index (κ3) is 4.86. The number of hydrogen-bond donors (Lipinski definition) is 2. The van der Waals surface area contributed by atoms with Crippen molar-refractivity contribution < 1.29 is 4.79 Å². The zero-order chi connectivity index (χ0) is 21.3. The summed E-state index contributed by atoms with van der Waals surface area (Å²) in [6.45, 7) is 2.02. The molecule has 1 aromatic carbocycles. The molecule has 2 aliphatic carbocycles. The first-order valence-electron chi connectivity index (χ1n) is 10.7. The number of amides is 1. The highest BCUT2D eigenvalue weighted by Crippen LogP contribution is 2.48. The van der Waals surface area contributed by atoms with E-state index in [1.807, 2.05) is 50.3 Å². The van der Waals surface area contributed by atoms with Crippen LogP contribution < -0.4 is 15.5 Å². The van der Waals surface area contributed by atoms with E-state index < -0.39 is 0 Å². The number of hydrogen-bond acceptors (Lipinski definition) is 5. The lowest BCUT2D eigenvalue weighted by atomic mass is 9.91. The first-order chi connectivity index (χ1) is 14.4. The topological polar surface area (TPSA) is 70.1 Å². The Kier molecular flexibility index (Phi) is 6.14. The van der Waals surface area contributed by atoms with Gasteiger partial charge in [-0.2, -0.15) is 4.98 Å². The van der Waals surface area contributed by atoms with Gasteiger partial charge in [0.25, 0.3) is 0 Å². The molecule has 0 saturated heterocycles. The maximum absolute atomic E-state index is 12.7. The number of halogens is 1. The van der Waals surface area contributed by atoms with Gasteiger partial charge in [0, 0.05) is 48.9 Å². The summed E-state index contributed by atoms with van der Waals surface area (Å²) >= 11 is 6.09. The van der Waals surface area contributed by atoms with E-state index in [0.717, 1.165) is 48.5 Å². The number of carbonyl (C=O) groups excluding carboxylic acids is 1. The summed E-state index contributed by atoms with van der Waals surface area (Å²) in [7, 11) is 3.98. The molecule has 2 saturated carbocycles. The Morgan fingerprint density at radius 2 is 1.90 bits per heavy atom. The fraction of sp³-hybridized carbons (Fsp3) is 0.522. The van der Waals surface area contributed by atoms with Crippen molar-refractivity contribution in [3.8, 4) is 0 Å². The Bertz CT molecular complexity index is 910. The first-order valence-corrected chi connectivity index (χ1v) is 11.1. The summed E-state index contributed by atoms with van der Waals surface area (Å²) in [5, 5.41) is 7.48. The van der Waals surface area contributed by atoms with Crippen molar-refractivity contribution in [1.29, 1.82) is 0 Å². The van der Waals surface area contributed by atoms with Gasteiger partial charge in [-0.1, -0.05) is 23.7 Å². The third-order valence-corrected chi connectivity index (χ3v) is 6.41.